The summed E-state index contributed by atoms with van der Waals surface area (Å²) >= 11 is 0. The van der Waals surface area contributed by atoms with Crippen LogP contribution in [0.4, 0.5) is 4.79 Å². The second-order valence-electron chi connectivity index (χ2n) is 6.55. The highest BCUT2D eigenvalue weighted by Gasteiger charge is 2.24. The molecule has 6 nitrogen and oxygen atoms in total. The summed E-state index contributed by atoms with van der Waals surface area (Å²) in [5.74, 6) is 0.000444. The number of hydrogen-bond acceptors (Lipinski definition) is 3. The highest BCUT2D eigenvalue weighted by Crippen LogP contribution is 2.10. The van der Waals surface area contributed by atoms with E-state index in [-0.39, 0.29) is 17.5 Å². The number of hydrogen-bond donors (Lipinski definition) is 1. The lowest BCUT2D eigenvalue weighted by atomic mass is 10.1. The van der Waals surface area contributed by atoms with Crippen LogP contribution in [0, 0.1) is 0 Å². The van der Waals surface area contributed by atoms with Crippen molar-refractivity contribution in [1.82, 2.24) is 20.1 Å². The Hall–Kier alpha value is -2.11. The van der Waals surface area contributed by atoms with Crippen molar-refractivity contribution in [2.45, 2.75) is 32.7 Å². The molecule has 3 amide bonds. The van der Waals surface area contributed by atoms with Gasteiger partial charge in [-0.25, -0.2) is 4.79 Å². The first-order valence-corrected chi connectivity index (χ1v) is 7.63. The molecule has 0 saturated carbocycles. The summed E-state index contributed by atoms with van der Waals surface area (Å²) in [5, 5.41) is 2.97. The van der Waals surface area contributed by atoms with Crippen molar-refractivity contribution < 1.29 is 9.59 Å². The molecule has 0 radical (unpaired) electrons. The molecule has 0 bridgehead atoms. The lowest BCUT2D eigenvalue weighted by molar-refractivity contribution is 0.0762. The Kier molecular flexibility index (Phi) is 5.00. The molecule has 1 aromatic rings. The van der Waals surface area contributed by atoms with Crippen LogP contribution in [0.5, 0.6) is 0 Å². The van der Waals surface area contributed by atoms with Crippen LogP contribution in [0.25, 0.3) is 0 Å². The molecule has 1 saturated heterocycles. The van der Waals surface area contributed by atoms with E-state index in [4.69, 9.17) is 0 Å². The molecule has 1 N–H and O–H groups in total. The summed E-state index contributed by atoms with van der Waals surface area (Å²) < 4.78 is 0. The number of carbonyl (C=O) groups excluding carboxylic acids is 2. The molecule has 0 spiro atoms. The van der Waals surface area contributed by atoms with E-state index in [2.05, 4.69) is 10.3 Å². The number of amides is 3. The molecular formula is C16H24N4O2. The van der Waals surface area contributed by atoms with Gasteiger partial charge in [0.25, 0.3) is 5.91 Å². The summed E-state index contributed by atoms with van der Waals surface area (Å²) in [6.45, 7) is 8.33. The molecule has 1 aliphatic heterocycles. The first-order valence-electron chi connectivity index (χ1n) is 7.63. The summed E-state index contributed by atoms with van der Waals surface area (Å²) in [6.07, 6.45) is 4.02. The van der Waals surface area contributed by atoms with E-state index in [9.17, 15) is 9.59 Å². The zero-order valence-corrected chi connectivity index (χ0v) is 13.5. The van der Waals surface area contributed by atoms with Gasteiger partial charge in [-0.15, -0.1) is 0 Å². The van der Waals surface area contributed by atoms with E-state index >= 15 is 0 Å². The Morgan fingerprint density at radius 2 is 1.64 bits per heavy atom. The maximum Gasteiger partial charge on any atom is 0.317 e. The fourth-order valence-corrected chi connectivity index (χ4v) is 2.40. The average Bonchev–Trinajstić information content (AvgIpc) is 2.71. The smallest absolute Gasteiger partial charge is 0.317 e. The molecule has 1 aromatic heterocycles. The Morgan fingerprint density at radius 3 is 2.27 bits per heavy atom. The summed E-state index contributed by atoms with van der Waals surface area (Å²) in [7, 11) is 0. The number of rotatable bonds is 1. The second-order valence-corrected chi connectivity index (χ2v) is 6.55. The van der Waals surface area contributed by atoms with Gasteiger partial charge in [-0.2, -0.15) is 0 Å². The second kappa shape index (κ2) is 6.77. The summed E-state index contributed by atoms with van der Waals surface area (Å²) in [6, 6.07) is 3.37. The van der Waals surface area contributed by atoms with Crippen LogP contribution >= 0.6 is 0 Å². The zero-order chi connectivity index (χ0) is 16.2. The number of nitrogens with zero attached hydrogens (tertiary/aromatic N) is 3. The fraction of sp³-hybridized carbons (Fsp3) is 0.562. The quantitative estimate of drug-likeness (QED) is 0.859. The van der Waals surface area contributed by atoms with Gasteiger partial charge in [-0.3, -0.25) is 9.78 Å². The molecular weight excluding hydrogens is 280 g/mol. The maximum absolute atomic E-state index is 12.4. The lowest BCUT2D eigenvalue weighted by Crippen LogP contribution is -2.49. The fourth-order valence-electron chi connectivity index (χ4n) is 2.40. The van der Waals surface area contributed by atoms with Gasteiger partial charge in [-0.1, -0.05) is 0 Å². The molecule has 1 aliphatic rings. The SMILES string of the molecule is CC(C)(C)NC(=O)N1CCCN(C(=O)c2ccncc2)CC1. The third-order valence-electron chi connectivity index (χ3n) is 3.48. The van der Waals surface area contributed by atoms with E-state index in [0.717, 1.165) is 6.42 Å². The minimum atomic E-state index is -0.254. The van der Waals surface area contributed by atoms with E-state index in [1.54, 1.807) is 34.3 Å². The molecule has 0 atom stereocenters. The van der Waals surface area contributed by atoms with Crippen LogP contribution in [0.15, 0.2) is 24.5 Å². The number of nitrogens with one attached hydrogen (secondary N) is 1. The Bertz CT molecular complexity index is 525. The molecule has 1 fully saturated rings. The predicted octanol–water partition coefficient (Wildman–Crippen LogP) is 1.74. The van der Waals surface area contributed by atoms with Crippen molar-refractivity contribution in [3.63, 3.8) is 0 Å². The Balaban J connectivity index is 1.95. The molecule has 22 heavy (non-hydrogen) atoms. The number of pyridine rings is 1. The van der Waals surface area contributed by atoms with Crippen molar-refractivity contribution in [1.29, 1.82) is 0 Å². The van der Waals surface area contributed by atoms with Gasteiger partial charge >= 0.3 is 6.03 Å². The summed E-state index contributed by atoms with van der Waals surface area (Å²) in [5.41, 5.74) is 0.387. The van der Waals surface area contributed by atoms with Crippen LogP contribution in [-0.2, 0) is 0 Å². The maximum atomic E-state index is 12.4. The number of urea groups is 1. The first-order chi connectivity index (χ1) is 10.4. The third-order valence-corrected chi connectivity index (χ3v) is 3.48. The topological polar surface area (TPSA) is 65.5 Å². The standard InChI is InChI=1S/C16H24N4O2/c1-16(2,3)18-15(22)20-10-4-9-19(11-12-20)14(21)13-5-7-17-8-6-13/h5-8H,4,9-12H2,1-3H3,(H,18,22). The Labute approximate surface area is 131 Å². The molecule has 6 heteroatoms. The minimum Gasteiger partial charge on any atom is -0.337 e. The van der Waals surface area contributed by atoms with Crippen LogP contribution in [0.3, 0.4) is 0 Å². The highest BCUT2D eigenvalue weighted by atomic mass is 16.2. The van der Waals surface area contributed by atoms with Gasteiger partial charge < -0.3 is 15.1 Å². The van der Waals surface area contributed by atoms with Crippen LogP contribution in [-0.4, -0.2) is 58.4 Å². The van der Waals surface area contributed by atoms with Crippen LogP contribution < -0.4 is 5.32 Å². The van der Waals surface area contributed by atoms with E-state index in [1.165, 1.54) is 0 Å². The number of aromatic nitrogens is 1. The van der Waals surface area contributed by atoms with Crippen molar-refractivity contribution in [3.8, 4) is 0 Å². The highest BCUT2D eigenvalue weighted by molar-refractivity contribution is 5.94. The van der Waals surface area contributed by atoms with Gasteiger partial charge in [0.1, 0.15) is 0 Å². The molecule has 0 unspecified atom stereocenters. The van der Waals surface area contributed by atoms with Crippen molar-refractivity contribution in [2.75, 3.05) is 26.2 Å². The van der Waals surface area contributed by atoms with Gasteiger partial charge in [0.05, 0.1) is 0 Å². The molecule has 2 rings (SSSR count). The van der Waals surface area contributed by atoms with Crippen LogP contribution in [0.2, 0.25) is 0 Å². The van der Waals surface area contributed by atoms with Gasteiger partial charge in [0.2, 0.25) is 0 Å². The largest absolute Gasteiger partial charge is 0.337 e. The monoisotopic (exact) mass is 304 g/mol. The van der Waals surface area contributed by atoms with E-state index in [1.807, 2.05) is 20.8 Å². The zero-order valence-electron chi connectivity index (χ0n) is 13.5. The van der Waals surface area contributed by atoms with Crippen molar-refractivity contribution >= 4 is 11.9 Å². The molecule has 2 heterocycles. The minimum absolute atomic E-state index is 0.000444. The normalized spacial score (nSPS) is 16.1. The predicted molar refractivity (Wildman–Crippen MR) is 84.6 cm³/mol. The van der Waals surface area contributed by atoms with Gasteiger partial charge in [0, 0.05) is 49.7 Å². The van der Waals surface area contributed by atoms with Gasteiger partial charge in [0.15, 0.2) is 0 Å². The molecule has 0 aromatic carbocycles. The van der Waals surface area contributed by atoms with Crippen molar-refractivity contribution in [3.05, 3.63) is 30.1 Å². The third kappa shape index (κ3) is 4.44. The Morgan fingerprint density at radius 1 is 1.05 bits per heavy atom. The van der Waals surface area contributed by atoms with Crippen LogP contribution in [0.1, 0.15) is 37.6 Å². The van der Waals surface area contributed by atoms with Gasteiger partial charge in [-0.05, 0) is 39.3 Å². The number of carbonyl (C=O) groups is 2. The average molecular weight is 304 g/mol. The lowest BCUT2D eigenvalue weighted by Gasteiger charge is -2.27. The summed E-state index contributed by atoms with van der Waals surface area (Å²) in [4.78, 5) is 32.2. The first kappa shape index (κ1) is 16.3. The van der Waals surface area contributed by atoms with Crippen molar-refractivity contribution in [2.24, 2.45) is 0 Å². The van der Waals surface area contributed by atoms with E-state index < -0.39 is 0 Å². The van der Waals surface area contributed by atoms with E-state index in [0.29, 0.717) is 31.7 Å². The molecule has 0 aliphatic carbocycles. The molecule has 120 valence electrons.